The molecule has 0 saturated heterocycles. The van der Waals surface area contributed by atoms with Gasteiger partial charge in [-0.3, -0.25) is 0 Å². The van der Waals surface area contributed by atoms with Crippen molar-refractivity contribution in [3.05, 3.63) is 44.6 Å². The first-order valence-electron chi connectivity index (χ1n) is 7.22. The Bertz CT molecular complexity index is 509. The van der Waals surface area contributed by atoms with E-state index >= 15 is 0 Å². The molecule has 0 fully saturated rings. The van der Waals surface area contributed by atoms with E-state index in [1.165, 1.54) is 12.8 Å². The highest BCUT2D eigenvalue weighted by atomic mass is 14.4. The first-order chi connectivity index (χ1) is 8.43. The quantitative estimate of drug-likeness (QED) is 0.535. The molecule has 0 amide bonds. The average Bonchev–Trinajstić information content (AvgIpc) is 2.71. The van der Waals surface area contributed by atoms with Gasteiger partial charge in [-0.1, -0.05) is 36.1 Å². The van der Waals surface area contributed by atoms with E-state index in [-0.39, 0.29) is 0 Å². The van der Waals surface area contributed by atoms with Crippen molar-refractivity contribution in [3.63, 3.8) is 0 Å². The smallest absolute Gasteiger partial charge is 0.000900 e. The molecule has 0 saturated carbocycles. The van der Waals surface area contributed by atoms with Crippen molar-refractivity contribution in [2.45, 2.75) is 54.4 Å². The Morgan fingerprint density at radius 1 is 0.667 bits per heavy atom. The lowest BCUT2D eigenvalue weighted by Crippen LogP contribution is -2.08. The zero-order valence-corrected chi connectivity index (χ0v) is 12.6. The van der Waals surface area contributed by atoms with Crippen molar-refractivity contribution in [3.8, 4) is 0 Å². The van der Waals surface area contributed by atoms with Gasteiger partial charge in [-0.25, -0.2) is 0 Å². The third-order valence-electron chi connectivity index (χ3n) is 5.94. The Morgan fingerprint density at radius 3 is 1.33 bits per heavy atom. The van der Waals surface area contributed by atoms with Gasteiger partial charge in [-0.2, -0.15) is 0 Å². The van der Waals surface area contributed by atoms with E-state index in [0.29, 0.717) is 11.8 Å². The number of allylic oxidation sites excluding steroid dienone is 8. The molecule has 2 atom stereocenters. The van der Waals surface area contributed by atoms with E-state index in [2.05, 4.69) is 41.5 Å². The van der Waals surface area contributed by atoms with Gasteiger partial charge in [0.1, 0.15) is 0 Å². The third kappa shape index (κ3) is 1.32. The molecule has 0 aromatic rings. The maximum Gasteiger partial charge on any atom is -0.000900 e. The van der Waals surface area contributed by atoms with Crippen LogP contribution in [0.5, 0.6) is 0 Å². The molecular formula is C18H24. The lowest BCUT2D eigenvalue weighted by Gasteiger charge is -2.24. The topological polar surface area (TPSA) is 0 Å². The van der Waals surface area contributed by atoms with E-state index in [0.717, 1.165) is 0 Å². The fourth-order valence-corrected chi connectivity index (χ4v) is 4.05. The van der Waals surface area contributed by atoms with E-state index in [1.807, 2.05) is 0 Å². The molecular weight excluding hydrogens is 216 g/mol. The van der Waals surface area contributed by atoms with Gasteiger partial charge in [0.25, 0.3) is 0 Å². The molecule has 96 valence electrons. The van der Waals surface area contributed by atoms with Crippen molar-refractivity contribution in [2.75, 3.05) is 0 Å². The highest BCUT2D eigenvalue weighted by Gasteiger charge is 2.35. The Morgan fingerprint density at radius 2 is 1.00 bits per heavy atom. The Labute approximate surface area is 111 Å². The van der Waals surface area contributed by atoms with E-state index in [9.17, 15) is 0 Å². The van der Waals surface area contributed by atoms with Crippen LogP contribution in [0, 0.1) is 11.8 Å². The van der Waals surface area contributed by atoms with Gasteiger partial charge in [0.2, 0.25) is 0 Å². The minimum atomic E-state index is 0.679. The van der Waals surface area contributed by atoms with Crippen LogP contribution in [-0.4, -0.2) is 0 Å². The summed E-state index contributed by atoms with van der Waals surface area (Å²) in [6.07, 6.45) is 2.43. The molecule has 0 aliphatic heterocycles. The van der Waals surface area contributed by atoms with Gasteiger partial charge in [0.05, 0.1) is 0 Å². The second kappa shape index (κ2) is 3.73. The van der Waals surface area contributed by atoms with Gasteiger partial charge >= 0.3 is 0 Å². The van der Waals surface area contributed by atoms with E-state index in [4.69, 9.17) is 0 Å². The third-order valence-corrected chi connectivity index (χ3v) is 5.94. The molecule has 18 heavy (non-hydrogen) atoms. The van der Waals surface area contributed by atoms with Crippen LogP contribution in [0.25, 0.3) is 0 Å². The molecule has 0 heteroatoms. The van der Waals surface area contributed by atoms with Crippen LogP contribution in [0.1, 0.15) is 54.4 Å². The molecule has 0 heterocycles. The van der Waals surface area contributed by atoms with Crippen LogP contribution >= 0.6 is 0 Å². The Balaban J connectivity index is 2.02. The van der Waals surface area contributed by atoms with Gasteiger partial charge in [-0.15, -0.1) is 0 Å². The van der Waals surface area contributed by atoms with Gasteiger partial charge in [-0.05, 0) is 74.7 Å². The molecule has 2 unspecified atom stereocenters. The normalized spacial score (nSPS) is 31.7. The second-order valence-electron chi connectivity index (χ2n) is 6.42. The van der Waals surface area contributed by atoms with Crippen LogP contribution in [0.2, 0.25) is 0 Å². The first kappa shape index (κ1) is 12.0. The highest BCUT2D eigenvalue weighted by molar-refractivity contribution is 5.60. The largest absolute Gasteiger partial charge is 0.0632 e. The fourth-order valence-electron chi connectivity index (χ4n) is 4.05. The summed E-state index contributed by atoms with van der Waals surface area (Å²) in [5.74, 6) is 1.36. The minimum absolute atomic E-state index is 0.679. The van der Waals surface area contributed by atoms with Crippen molar-refractivity contribution in [2.24, 2.45) is 11.8 Å². The standard InChI is InChI=1S/C18H24/c1-9-11(3)15-7-17-13(5)10(2)14(6)18(17)8-16(15)12(9)4/h11,14H,7-8H2,1-6H3. The van der Waals surface area contributed by atoms with Crippen LogP contribution in [-0.2, 0) is 0 Å². The first-order valence-corrected chi connectivity index (χ1v) is 7.22. The summed E-state index contributed by atoms with van der Waals surface area (Å²) in [6.45, 7) is 14.1. The number of hydrogen-bond acceptors (Lipinski definition) is 0. The second-order valence-corrected chi connectivity index (χ2v) is 6.42. The molecule has 3 aliphatic carbocycles. The molecule has 0 radical (unpaired) electrons. The Kier molecular flexibility index (Phi) is 2.49. The zero-order valence-electron chi connectivity index (χ0n) is 12.6. The summed E-state index contributed by atoms with van der Waals surface area (Å²) in [6, 6.07) is 0. The van der Waals surface area contributed by atoms with Crippen LogP contribution in [0.3, 0.4) is 0 Å². The highest BCUT2D eigenvalue weighted by Crippen LogP contribution is 2.52. The molecule has 0 nitrogen and oxygen atoms in total. The van der Waals surface area contributed by atoms with Crippen molar-refractivity contribution in [1.82, 2.24) is 0 Å². The van der Waals surface area contributed by atoms with Crippen molar-refractivity contribution < 1.29 is 0 Å². The summed E-state index contributed by atoms with van der Waals surface area (Å²) in [4.78, 5) is 0. The molecule has 0 aromatic carbocycles. The molecule has 0 spiro atoms. The number of rotatable bonds is 0. The average molecular weight is 240 g/mol. The molecule has 3 aliphatic rings. The zero-order chi connectivity index (χ0) is 13.2. The summed E-state index contributed by atoms with van der Waals surface area (Å²) < 4.78 is 0. The fraction of sp³-hybridized carbons (Fsp3) is 0.556. The van der Waals surface area contributed by atoms with Crippen LogP contribution in [0.4, 0.5) is 0 Å². The van der Waals surface area contributed by atoms with Crippen molar-refractivity contribution >= 4 is 0 Å². The maximum atomic E-state index is 2.39. The number of hydrogen-bond donors (Lipinski definition) is 0. The lowest BCUT2D eigenvalue weighted by atomic mass is 9.81. The van der Waals surface area contributed by atoms with E-state index in [1.54, 1.807) is 44.6 Å². The van der Waals surface area contributed by atoms with Crippen molar-refractivity contribution in [1.29, 1.82) is 0 Å². The minimum Gasteiger partial charge on any atom is -0.0632 e. The molecule has 0 bridgehead atoms. The lowest BCUT2D eigenvalue weighted by molar-refractivity contribution is 0.737. The summed E-state index contributed by atoms with van der Waals surface area (Å²) >= 11 is 0. The van der Waals surface area contributed by atoms with Gasteiger partial charge in [0.15, 0.2) is 0 Å². The van der Waals surface area contributed by atoms with Gasteiger partial charge in [0, 0.05) is 0 Å². The Hall–Kier alpha value is -1.04. The van der Waals surface area contributed by atoms with Crippen LogP contribution in [0.15, 0.2) is 44.6 Å². The summed E-state index contributed by atoms with van der Waals surface area (Å²) in [5.41, 5.74) is 13.1. The SMILES string of the molecule is CC1=C(C)C(C)C2=C1CC1=C(C2)C(C)=C(C)C1C. The summed E-state index contributed by atoms with van der Waals surface area (Å²) in [5, 5.41) is 0. The predicted molar refractivity (Wildman–Crippen MR) is 78.4 cm³/mol. The summed E-state index contributed by atoms with van der Waals surface area (Å²) in [7, 11) is 0. The molecule has 0 aromatic heterocycles. The molecule has 3 rings (SSSR count). The molecule has 0 N–H and O–H groups in total. The van der Waals surface area contributed by atoms with E-state index < -0.39 is 0 Å². The van der Waals surface area contributed by atoms with Crippen LogP contribution < -0.4 is 0 Å². The monoisotopic (exact) mass is 240 g/mol. The predicted octanol–water partition coefficient (Wildman–Crippen LogP) is 5.35. The maximum absolute atomic E-state index is 2.39. The van der Waals surface area contributed by atoms with Gasteiger partial charge < -0.3 is 0 Å².